The fourth-order valence-electron chi connectivity index (χ4n) is 3.18. The molecule has 1 aliphatic rings. The Morgan fingerprint density at radius 3 is 2.67 bits per heavy atom. The number of anilines is 1. The van der Waals surface area contributed by atoms with Crippen molar-refractivity contribution in [2.45, 2.75) is 12.3 Å². The molecule has 2 heterocycles. The zero-order chi connectivity index (χ0) is 18.8. The number of hydrogen-bond donors (Lipinski definition) is 0. The molecule has 0 unspecified atom stereocenters. The molecule has 1 fully saturated rings. The van der Waals surface area contributed by atoms with Gasteiger partial charge in [-0.15, -0.1) is 0 Å². The summed E-state index contributed by atoms with van der Waals surface area (Å²) in [6.07, 6.45) is 0.650. The maximum absolute atomic E-state index is 12.7. The first-order valence-electron chi connectivity index (χ1n) is 9.03. The summed E-state index contributed by atoms with van der Waals surface area (Å²) in [5.41, 5.74) is 2.87. The van der Waals surface area contributed by atoms with Gasteiger partial charge in [-0.1, -0.05) is 41.6 Å². The third kappa shape index (κ3) is 3.69. The highest BCUT2D eigenvalue weighted by atomic mass is 16.5. The molecule has 6 heteroatoms. The molecule has 1 aromatic heterocycles. The van der Waals surface area contributed by atoms with E-state index in [1.165, 1.54) is 0 Å². The monoisotopic (exact) mass is 362 g/mol. The Hall–Kier alpha value is -3.15. The molecule has 0 bridgehead atoms. The van der Waals surface area contributed by atoms with Crippen molar-refractivity contribution in [1.29, 1.82) is 0 Å². The Bertz CT molecular complexity index is 930. The quantitative estimate of drug-likeness (QED) is 0.698. The van der Waals surface area contributed by atoms with Gasteiger partial charge in [-0.25, -0.2) is 0 Å². The van der Waals surface area contributed by atoms with Crippen molar-refractivity contribution in [3.63, 3.8) is 0 Å². The second-order valence-corrected chi connectivity index (χ2v) is 7.06. The zero-order valence-corrected chi connectivity index (χ0v) is 15.5. The molecule has 0 N–H and O–H groups in total. The van der Waals surface area contributed by atoms with Crippen LogP contribution in [0.3, 0.4) is 0 Å². The third-order valence-corrected chi connectivity index (χ3v) is 4.82. The lowest BCUT2D eigenvalue weighted by molar-refractivity contribution is 0.0569. The van der Waals surface area contributed by atoms with Crippen LogP contribution in [0.1, 0.15) is 33.6 Å². The predicted molar refractivity (Wildman–Crippen MR) is 103 cm³/mol. The van der Waals surface area contributed by atoms with E-state index in [-0.39, 0.29) is 11.8 Å². The van der Waals surface area contributed by atoms with Crippen molar-refractivity contribution < 1.29 is 9.32 Å². The molecule has 27 heavy (non-hydrogen) atoms. The van der Waals surface area contributed by atoms with Gasteiger partial charge in [0.15, 0.2) is 5.82 Å². The lowest BCUT2D eigenvalue weighted by Gasteiger charge is -2.37. The Labute approximate surface area is 158 Å². The number of carbonyl (C=O) groups is 1. The molecule has 6 nitrogen and oxygen atoms in total. The third-order valence-electron chi connectivity index (χ3n) is 4.82. The molecule has 0 spiro atoms. The number of rotatable bonds is 5. The molecule has 2 aromatic carbocycles. The normalized spacial score (nSPS) is 14.1. The number of hydrogen-bond acceptors (Lipinski definition) is 5. The second-order valence-electron chi connectivity index (χ2n) is 7.06. The zero-order valence-electron chi connectivity index (χ0n) is 15.5. The summed E-state index contributed by atoms with van der Waals surface area (Å²) < 4.78 is 5.42. The number of nitrogens with zero attached hydrogens (tertiary/aromatic N) is 4. The molecule has 1 aliphatic heterocycles. The van der Waals surface area contributed by atoms with E-state index in [9.17, 15) is 4.79 Å². The average Bonchev–Trinajstić information content (AvgIpc) is 3.09. The van der Waals surface area contributed by atoms with E-state index in [0.29, 0.717) is 36.8 Å². The number of carbonyl (C=O) groups excluding carboxylic acids is 1. The number of benzene rings is 2. The lowest BCUT2D eigenvalue weighted by Crippen LogP contribution is -2.48. The molecule has 0 atom stereocenters. The van der Waals surface area contributed by atoms with Gasteiger partial charge in [-0.05, 0) is 23.8 Å². The van der Waals surface area contributed by atoms with Crippen LogP contribution in [0.5, 0.6) is 0 Å². The van der Waals surface area contributed by atoms with E-state index in [4.69, 9.17) is 4.52 Å². The van der Waals surface area contributed by atoms with Crippen LogP contribution in [-0.2, 0) is 6.42 Å². The van der Waals surface area contributed by atoms with Gasteiger partial charge in [-0.3, -0.25) is 4.79 Å². The van der Waals surface area contributed by atoms with Crippen molar-refractivity contribution in [3.05, 3.63) is 77.4 Å². The minimum absolute atomic E-state index is 0.0407. The van der Waals surface area contributed by atoms with E-state index < -0.39 is 0 Å². The van der Waals surface area contributed by atoms with E-state index in [1.54, 1.807) is 0 Å². The van der Waals surface area contributed by atoms with Gasteiger partial charge in [0.25, 0.3) is 5.91 Å². The summed E-state index contributed by atoms with van der Waals surface area (Å²) in [5, 5.41) is 4.08. The Morgan fingerprint density at radius 2 is 1.93 bits per heavy atom. The molecule has 4 rings (SSSR count). The molecular weight excluding hydrogens is 340 g/mol. The topological polar surface area (TPSA) is 62.5 Å². The molecule has 1 amide bonds. The predicted octanol–water partition coefficient (Wildman–Crippen LogP) is 2.97. The van der Waals surface area contributed by atoms with Crippen molar-refractivity contribution in [3.8, 4) is 0 Å². The summed E-state index contributed by atoms with van der Waals surface area (Å²) in [5.74, 6) is 1.45. The molecule has 0 radical (unpaired) electrons. The van der Waals surface area contributed by atoms with Gasteiger partial charge in [0.2, 0.25) is 5.89 Å². The van der Waals surface area contributed by atoms with Crippen LogP contribution < -0.4 is 4.90 Å². The largest absolute Gasteiger partial charge is 0.378 e. The smallest absolute Gasteiger partial charge is 0.253 e. The molecule has 1 saturated heterocycles. The lowest BCUT2D eigenvalue weighted by atomic mass is 9.98. The number of likely N-dealkylation sites (tertiary alicyclic amines) is 1. The first-order valence-corrected chi connectivity index (χ1v) is 9.03. The summed E-state index contributed by atoms with van der Waals surface area (Å²) in [4.78, 5) is 21.0. The van der Waals surface area contributed by atoms with Crippen molar-refractivity contribution in [2.24, 2.45) is 0 Å². The summed E-state index contributed by atoms with van der Waals surface area (Å²) in [7, 11) is 3.93. The SMILES string of the molecule is CN(C)c1cccc(C(=O)N2CC(c3nc(Cc4ccccc4)no3)C2)c1. The van der Waals surface area contributed by atoms with Gasteiger partial charge < -0.3 is 14.3 Å². The summed E-state index contributed by atoms with van der Waals surface area (Å²) in [6.45, 7) is 1.22. The van der Waals surface area contributed by atoms with Gasteiger partial charge in [0.1, 0.15) is 0 Å². The molecule has 138 valence electrons. The standard InChI is InChI=1S/C21H22N4O2/c1-24(2)18-10-6-9-16(12-18)21(26)25-13-17(14-25)20-22-19(23-27-20)11-15-7-4-3-5-8-15/h3-10,12,17H,11,13-14H2,1-2H3. The Balaban J connectivity index is 1.37. The minimum atomic E-state index is 0.0407. The van der Waals surface area contributed by atoms with Crippen LogP contribution >= 0.6 is 0 Å². The maximum atomic E-state index is 12.7. The highest BCUT2D eigenvalue weighted by molar-refractivity contribution is 5.95. The average molecular weight is 362 g/mol. The summed E-state index contributed by atoms with van der Waals surface area (Å²) in [6, 6.07) is 17.7. The minimum Gasteiger partial charge on any atom is -0.378 e. The Morgan fingerprint density at radius 1 is 1.15 bits per heavy atom. The fourth-order valence-corrected chi connectivity index (χ4v) is 3.18. The van der Waals surface area contributed by atoms with Gasteiger partial charge >= 0.3 is 0 Å². The van der Waals surface area contributed by atoms with Crippen molar-refractivity contribution in [1.82, 2.24) is 15.0 Å². The van der Waals surface area contributed by atoms with Crippen LogP contribution in [0.2, 0.25) is 0 Å². The molecular formula is C21H22N4O2. The van der Waals surface area contributed by atoms with Crippen LogP contribution in [0.15, 0.2) is 59.1 Å². The first-order chi connectivity index (χ1) is 13.1. The van der Waals surface area contributed by atoms with E-state index in [1.807, 2.05) is 78.5 Å². The Kier molecular flexibility index (Phi) is 4.62. The van der Waals surface area contributed by atoms with Crippen LogP contribution in [0, 0.1) is 0 Å². The highest BCUT2D eigenvalue weighted by Crippen LogP contribution is 2.28. The van der Waals surface area contributed by atoms with Crippen molar-refractivity contribution >= 4 is 11.6 Å². The van der Waals surface area contributed by atoms with E-state index in [2.05, 4.69) is 10.1 Å². The van der Waals surface area contributed by atoms with E-state index in [0.717, 1.165) is 11.3 Å². The van der Waals surface area contributed by atoms with Crippen LogP contribution in [-0.4, -0.2) is 48.1 Å². The van der Waals surface area contributed by atoms with Crippen molar-refractivity contribution in [2.75, 3.05) is 32.1 Å². The molecule has 0 saturated carbocycles. The number of amides is 1. The van der Waals surface area contributed by atoms with Gasteiger partial charge in [0, 0.05) is 44.9 Å². The first kappa shape index (κ1) is 17.3. The van der Waals surface area contributed by atoms with Crippen LogP contribution in [0.25, 0.3) is 0 Å². The van der Waals surface area contributed by atoms with E-state index >= 15 is 0 Å². The fraction of sp³-hybridized carbons (Fsp3) is 0.286. The van der Waals surface area contributed by atoms with Gasteiger partial charge in [-0.2, -0.15) is 4.98 Å². The molecule has 0 aliphatic carbocycles. The molecule has 3 aromatic rings. The number of aromatic nitrogens is 2. The highest BCUT2D eigenvalue weighted by Gasteiger charge is 2.36. The van der Waals surface area contributed by atoms with Gasteiger partial charge in [0.05, 0.1) is 5.92 Å². The van der Waals surface area contributed by atoms with Crippen LogP contribution in [0.4, 0.5) is 5.69 Å². The maximum Gasteiger partial charge on any atom is 0.253 e. The summed E-state index contributed by atoms with van der Waals surface area (Å²) >= 11 is 0. The second kappa shape index (κ2) is 7.23.